The summed E-state index contributed by atoms with van der Waals surface area (Å²) < 4.78 is 12.2. The molecule has 0 heterocycles. The minimum Gasteiger partial charge on any atom is -0.490 e. The van der Waals surface area contributed by atoms with Crippen LogP contribution in [0.1, 0.15) is 34.0 Å². The van der Waals surface area contributed by atoms with Gasteiger partial charge < -0.3 is 14.8 Å². The van der Waals surface area contributed by atoms with Crippen LogP contribution in [0.5, 0.6) is 11.5 Å². The van der Waals surface area contributed by atoms with Gasteiger partial charge in [0.2, 0.25) is 0 Å². The molecule has 0 aliphatic heterocycles. The van der Waals surface area contributed by atoms with Crippen molar-refractivity contribution in [2.24, 2.45) is 5.10 Å². The van der Waals surface area contributed by atoms with Crippen LogP contribution in [-0.4, -0.2) is 31.2 Å². The van der Waals surface area contributed by atoms with E-state index in [9.17, 15) is 9.59 Å². The maximum Gasteiger partial charge on any atom is 0.271 e. The SMILES string of the molecule is CCOc1cc(/C=N/NC(=O)c2ccc(Br)cc2)cc(Cl)c1OCC(=O)Nc1ccc(C)c(C)c1. The number of anilines is 1. The fourth-order valence-electron chi connectivity index (χ4n) is 3.05. The van der Waals surface area contributed by atoms with Crippen LogP contribution >= 0.6 is 27.5 Å². The third-order valence-electron chi connectivity index (χ3n) is 4.96. The van der Waals surface area contributed by atoms with Gasteiger partial charge in [0.15, 0.2) is 18.1 Å². The number of nitrogens with zero attached hydrogens (tertiary/aromatic N) is 1. The Hall–Kier alpha value is -3.36. The highest BCUT2D eigenvalue weighted by atomic mass is 79.9. The van der Waals surface area contributed by atoms with Gasteiger partial charge in [0.1, 0.15) is 0 Å². The molecule has 0 spiro atoms. The summed E-state index contributed by atoms with van der Waals surface area (Å²) in [6.07, 6.45) is 1.45. The van der Waals surface area contributed by atoms with Gasteiger partial charge in [-0.2, -0.15) is 5.10 Å². The third-order valence-corrected chi connectivity index (χ3v) is 5.77. The summed E-state index contributed by atoms with van der Waals surface area (Å²) in [4.78, 5) is 24.6. The largest absolute Gasteiger partial charge is 0.490 e. The summed E-state index contributed by atoms with van der Waals surface area (Å²) in [6, 6.07) is 15.9. The molecule has 2 N–H and O–H groups in total. The van der Waals surface area contributed by atoms with Gasteiger partial charge in [-0.05, 0) is 86.0 Å². The monoisotopic (exact) mass is 557 g/mol. The zero-order valence-electron chi connectivity index (χ0n) is 19.5. The van der Waals surface area contributed by atoms with Crippen molar-refractivity contribution in [2.75, 3.05) is 18.5 Å². The molecule has 0 radical (unpaired) electrons. The number of hydrogen-bond acceptors (Lipinski definition) is 5. The lowest BCUT2D eigenvalue weighted by atomic mass is 10.1. The van der Waals surface area contributed by atoms with E-state index < -0.39 is 0 Å². The summed E-state index contributed by atoms with van der Waals surface area (Å²) in [5, 5.41) is 7.04. The molecule has 35 heavy (non-hydrogen) atoms. The van der Waals surface area contributed by atoms with E-state index in [1.54, 1.807) is 36.4 Å². The number of rotatable bonds is 9. The van der Waals surface area contributed by atoms with Crippen LogP contribution < -0.4 is 20.2 Å². The number of hydrazone groups is 1. The molecule has 2 amide bonds. The number of benzene rings is 3. The molecule has 0 unspecified atom stereocenters. The average Bonchev–Trinajstić information content (AvgIpc) is 2.81. The van der Waals surface area contributed by atoms with Crippen LogP contribution in [0.4, 0.5) is 5.69 Å². The van der Waals surface area contributed by atoms with Crippen molar-refractivity contribution in [3.05, 3.63) is 86.3 Å². The number of carbonyl (C=O) groups excluding carboxylic acids is 2. The van der Waals surface area contributed by atoms with Gasteiger partial charge in [-0.25, -0.2) is 5.43 Å². The molecule has 0 fully saturated rings. The van der Waals surface area contributed by atoms with Crippen LogP contribution in [0.2, 0.25) is 5.02 Å². The van der Waals surface area contributed by atoms with Gasteiger partial charge >= 0.3 is 0 Å². The van der Waals surface area contributed by atoms with Crippen molar-refractivity contribution in [1.29, 1.82) is 0 Å². The smallest absolute Gasteiger partial charge is 0.271 e. The number of carbonyl (C=O) groups is 2. The van der Waals surface area contributed by atoms with Crippen molar-refractivity contribution in [3.8, 4) is 11.5 Å². The molecule has 182 valence electrons. The minimum absolute atomic E-state index is 0.246. The van der Waals surface area contributed by atoms with Gasteiger partial charge in [0, 0.05) is 15.7 Å². The Morgan fingerprint density at radius 1 is 1.03 bits per heavy atom. The minimum atomic E-state index is -0.348. The van der Waals surface area contributed by atoms with Crippen molar-refractivity contribution in [2.45, 2.75) is 20.8 Å². The van der Waals surface area contributed by atoms with Gasteiger partial charge in [-0.1, -0.05) is 33.6 Å². The molecule has 3 aromatic rings. The Bertz CT molecular complexity index is 1250. The van der Waals surface area contributed by atoms with Gasteiger partial charge in [0.25, 0.3) is 11.8 Å². The fraction of sp³-hybridized carbons (Fsp3) is 0.192. The lowest BCUT2D eigenvalue weighted by molar-refractivity contribution is -0.118. The summed E-state index contributed by atoms with van der Waals surface area (Å²) in [7, 11) is 0. The van der Waals surface area contributed by atoms with E-state index in [2.05, 4.69) is 31.8 Å². The quantitative estimate of drug-likeness (QED) is 0.253. The third kappa shape index (κ3) is 7.56. The average molecular weight is 559 g/mol. The molecular weight excluding hydrogens is 534 g/mol. The first-order valence-corrected chi connectivity index (χ1v) is 12.0. The molecule has 0 saturated heterocycles. The predicted octanol–water partition coefficient (Wildman–Crippen LogP) is 5.90. The molecule has 0 bridgehead atoms. The van der Waals surface area contributed by atoms with E-state index >= 15 is 0 Å². The molecule has 7 nitrogen and oxygen atoms in total. The van der Waals surface area contributed by atoms with E-state index in [1.165, 1.54) is 6.21 Å². The summed E-state index contributed by atoms with van der Waals surface area (Å²) in [5.41, 5.74) is 6.44. The van der Waals surface area contributed by atoms with Crippen LogP contribution in [-0.2, 0) is 4.79 Å². The van der Waals surface area contributed by atoms with Crippen molar-refractivity contribution in [1.82, 2.24) is 5.43 Å². The topological polar surface area (TPSA) is 89.0 Å². The maximum atomic E-state index is 12.4. The number of nitrogens with one attached hydrogen (secondary N) is 2. The van der Waals surface area contributed by atoms with Crippen LogP contribution in [0.3, 0.4) is 0 Å². The van der Waals surface area contributed by atoms with Gasteiger partial charge in [-0.15, -0.1) is 0 Å². The number of amides is 2. The first-order valence-electron chi connectivity index (χ1n) is 10.8. The molecule has 3 rings (SSSR count). The van der Waals surface area contributed by atoms with Crippen molar-refractivity contribution >= 4 is 51.2 Å². The normalized spacial score (nSPS) is 10.8. The Kier molecular flexibility index (Phi) is 9.28. The van der Waals surface area contributed by atoms with E-state index in [0.717, 1.165) is 15.6 Å². The lowest BCUT2D eigenvalue weighted by Gasteiger charge is -2.14. The fourth-order valence-corrected chi connectivity index (χ4v) is 3.59. The maximum absolute atomic E-state index is 12.4. The second-order valence-corrected chi connectivity index (χ2v) is 8.93. The van der Waals surface area contributed by atoms with Crippen molar-refractivity contribution in [3.63, 3.8) is 0 Å². The predicted molar refractivity (Wildman–Crippen MR) is 142 cm³/mol. The number of aryl methyl sites for hydroxylation is 2. The number of hydrogen-bond donors (Lipinski definition) is 2. The van der Waals surface area contributed by atoms with Crippen LogP contribution in [0, 0.1) is 13.8 Å². The Morgan fingerprint density at radius 3 is 2.46 bits per heavy atom. The van der Waals surface area contributed by atoms with E-state index in [4.69, 9.17) is 21.1 Å². The highest BCUT2D eigenvalue weighted by Gasteiger charge is 2.14. The lowest BCUT2D eigenvalue weighted by Crippen LogP contribution is -2.20. The Labute approximate surface area is 217 Å². The molecule has 0 saturated carbocycles. The van der Waals surface area contributed by atoms with Crippen LogP contribution in [0.25, 0.3) is 0 Å². The zero-order valence-corrected chi connectivity index (χ0v) is 21.9. The Morgan fingerprint density at radius 2 is 1.77 bits per heavy atom. The second-order valence-electron chi connectivity index (χ2n) is 7.60. The zero-order chi connectivity index (χ0) is 25.4. The Balaban J connectivity index is 1.65. The molecule has 0 aliphatic carbocycles. The van der Waals surface area contributed by atoms with E-state index in [1.807, 2.05) is 39.0 Å². The number of ether oxygens (including phenoxy) is 2. The summed E-state index contributed by atoms with van der Waals surface area (Å²) in [5.74, 6) is -0.0628. The highest BCUT2D eigenvalue weighted by molar-refractivity contribution is 9.10. The van der Waals surface area contributed by atoms with Crippen LogP contribution in [0.15, 0.2) is 64.2 Å². The summed E-state index contributed by atoms with van der Waals surface area (Å²) >= 11 is 9.74. The molecule has 9 heteroatoms. The summed E-state index contributed by atoms with van der Waals surface area (Å²) in [6.45, 7) is 5.92. The highest BCUT2D eigenvalue weighted by Crippen LogP contribution is 2.36. The second kappa shape index (κ2) is 12.4. The molecule has 0 atom stereocenters. The van der Waals surface area contributed by atoms with Gasteiger partial charge in [-0.3, -0.25) is 9.59 Å². The standard InChI is InChI=1S/C26H25BrClN3O4/c1-4-34-23-13-18(14-29-31-26(33)19-6-8-20(27)9-7-19)12-22(28)25(23)35-15-24(32)30-21-10-5-16(2)17(3)11-21/h5-14H,4,15H2,1-3H3,(H,30,32)(H,31,33)/b29-14+. The molecular formula is C26H25BrClN3O4. The molecule has 3 aromatic carbocycles. The first-order chi connectivity index (χ1) is 16.8. The van der Waals surface area contributed by atoms with Gasteiger partial charge in [0.05, 0.1) is 17.8 Å². The molecule has 0 aliphatic rings. The molecule has 0 aromatic heterocycles. The van der Waals surface area contributed by atoms with E-state index in [-0.39, 0.29) is 29.2 Å². The van der Waals surface area contributed by atoms with Crippen molar-refractivity contribution < 1.29 is 19.1 Å². The first kappa shape index (κ1) is 26.2. The van der Waals surface area contributed by atoms with E-state index in [0.29, 0.717) is 29.2 Å². The number of halogens is 2.